The lowest BCUT2D eigenvalue weighted by Gasteiger charge is -2.13. The van der Waals surface area contributed by atoms with Crippen molar-refractivity contribution >= 4 is 29.3 Å². The van der Waals surface area contributed by atoms with Crippen LogP contribution < -0.4 is 5.32 Å². The molecule has 0 saturated carbocycles. The maximum atomic E-state index is 12.2. The summed E-state index contributed by atoms with van der Waals surface area (Å²) in [6, 6.07) is 7.64. The van der Waals surface area contributed by atoms with Crippen LogP contribution >= 0.6 is 23.4 Å². The number of nitrogens with zero attached hydrogens (tertiary/aromatic N) is 3. The van der Waals surface area contributed by atoms with Gasteiger partial charge in [-0.25, -0.2) is 0 Å². The van der Waals surface area contributed by atoms with E-state index < -0.39 is 0 Å². The fourth-order valence-electron chi connectivity index (χ4n) is 2.69. The summed E-state index contributed by atoms with van der Waals surface area (Å²) in [6.07, 6.45) is 5.58. The maximum absolute atomic E-state index is 12.2. The van der Waals surface area contributed by atoms with E-state index >= 15 is 0 Å². The van der Waals surface area contributed by atoms with Crippen molar-refractivity contribution in [2.24, 2.45) is 0 Å². The number of unbranched alkanes of at least 4 members (excludes halogenated alkanes) is 3. The summed E-state index contributed by atoms with van der Waals surface area (Å²) >= 11 is 7.48. The van der Waals surface area contributed by atoms with E-state index in [2.05, 4.69) is 27.0 Å². The Morgan fingerprint density at radius 2 is 1.89 bits per heavy atom. The smallest absolute Gasteiger partial charge is 0.233 e. The van der Waals surface area contributed by atoms with Crippen molar-refractivity contribution in [2.45, 2.75) is 69.8 Å². The molecule has 0 fully saturated rings. The summed E-state index contributed by atoms with van der Waals surface area (Å²) in [5.74, 6) is 0.863. The van der Waals surface area contributed by atoms with Gasteiger partial charge in [-0.15, -0.1) is 10.2 Å². The number of hydrogen-bond donors (Lipinski definition) is 1. The van der Waals surface area contributed by atoms with Crippen molar-refractivity contribution in [2.75, 3.05) is 6.54 Å². The number of amides is 1. The lowest BCUT2D eigenvalue weighted by Crippen LogP contribution is -2.31. The molecule has 1 N–H and O–H groups in total. The first-order chi connectivity index (χ1) is 13.1. The second kappa shape index (κ2) is 11.3. The Bertz CT molecular complexity index is 717. The van der Waals surface area contributed by atoms with Gasteiger partial charge in [0.2, 0.25) is 5.91 Å². The fraction of sp³-hybridized carbons (Fsp3) is 0.550. The highest BCUT2D eigenvalue weighted by molar-refractivity contribution is 8.00. The van der Waals surface area contributed by atoms with Crippen LogP contribution in [0.4, 0.5) is 0 Å². The lowest BCUT2D eigenvalue weighted by molar-refractivity contribution is -0.120. The van der Waals surface area contributed by atoms with Crippen molar-refractivity contribution in [1.29, 1.82) is 0 Å². The van der Waals surface area contributed by atoms with Crippen LogP contribution in [0, 0.1) is 0 Å². The van der Waals surface area contributed by atoms with Crippen LogP contribution in [-0.4, -0.2) is 32.5 Å². The van der Waals surface area contributed by atoms with Gasteiger partial charge in [0.1, 0.15) is 0 Å². The number of halogens is 1. The van der Waals surface area contributed by atoms with E-state index in [-0.39, 0.29) is 11.2 Å². The van der Waals surface area contributed by atoms with Crippen molar-refractivity contribution in [3.05, 3.63) is 29.3 Å². The molecule has 2 rings (SSSR count). The molecule has 5 nitrogen and oxygen atoms in total. The molecule has 2 aromatic rings. The number of carbonyl (C=O) groups excluding carboxylic acids is 1. The van der Waals surface area contributed by atoms with E-state index in [1.165, 1.54) is 31.0 Å². The van der Waals surface area contributed by atoms with Crippen LogP contribution in [0.5, 0.6) is 0 Å². The van der Waals surface area contributed by atoms with Crippen LogP contribution in [0.2, 0.25) is 5.02 Å². The first-order valence-electron chi connectivity index (χ1n) is 9.70. The SMILES string of the molecule is CCCCCCn1c(SC(C)C(=O)NCCC)nnc1-c1ccc(Cl)cc1. The third kappa shape index (κ3) is 6.54. The molecular formula is C20H29ClN4OS. The number of carbonyl (C=O) groups is 1. The van der Waals surface area contributed by atoms with Crippen LogP contribution in [0.1, 0.15) is 52.9 Å². The monoisotopic (exact) mass is 408 g/mol. The lowest BCUT2D eigenvalue weighted by atomic mass is 10.2. The highest BCUT2D eigenvalue weighted by Crippen LogP contribution is 2.28. The van der Waals surface area contributed by atoms with Crippen LogP contribution in [0.15, 0.2) is 29.4 Å². The van der Waals surface area contributed by atoms with Gasteiger partial charge in [-0.1, -0.05) is 56.5 Å². The van der Waals surface area contributed by atoms with Gasteiger partial charge in [-0.05, 0) is 44.0 Å². The average molecular weight is 409 g/mol. The molecular weight excluding hydrogens is 380 g/mol. The Hall–Kier alpha value is -1.53. The zero-order chi connectivity index (χ0) is 19.6. The standard InChI is InChI=1S/C20H29ClN4OS/c1-4-6-7-8-14-25-18(16-9-11-17(21)12-10-16)23-24-20(25)27-15(3)19(26)22-13-5-2/h9-12,15H,4-8,13-14H2,1-3H3,(H,22,26). The number of rotatable bonds is 11. The van der Waals surface area contributed by atoms with Crippen molar-refractivity contribution in [1.82, 2.24) is 20.1 Å². The van der Waals surface area contributed by atoms with Gasteiger partial charge >= 0.3 is 0 Å². The molecule has 1 amide bonds. The molecule has 1 aromatic heterocycles. The Kier molecular flexibility index (Phi) is 9.15. The summed E-state index contributed by atoms with van der Waals surface area (Å²) in [4.78, 5) is 12.2. The van der Waals surface area contributed by atoms with Crippen molar-refractivity contribution in [3.8, 4) is 11.4 Å². The van der Waals surface area contributed by atoms with Gasteiger partial charge in [0.25, 0.3) is 0 Å². The predicted octanol–water partition coefficient (Wildman–Crippen LogP) is 5.19. The molecule has 0 spiro atoms. The van der Waals surface area contributed by atoms with Gasteiger partial charge in [0.15, 0.2) is 11.0 Å². The molecule has 0 saturated heterocycles. The number of thioether (sulfide) groups is 1. The second-order valence-corrected chi connectivity index (χ2v) is 8.32. The molecule has 1 aromatic carbocycles. The zero-order valence-corrected chi connectivity index (χ0v) is 17.9. The van der Waals surface area contributed by atoms with Crippen LogP contribution in [0.25, 0.3) is 11.4 Å². The summed E-state index contributed by atoms with van der Waals surface area (Å²) in [7, 11) is 0. The minimum absolute atomic E-state index is 0.0374. The third-order valence-electron chi connectivity index (χ3n) is 4.26. The summed E-state index contributed by atoms with van der Waals surface area (Å²) in [6.45, 7) is 7.70. The molecule has 0 aliphatic heterocycles. The molecule has 0 radical (unpaired) electrons. The number of hydrogen-bond acceptors (Lipinski definition) is 4. The third-order valence-corrected chi connectivity index (χ3v) is 5.59. The molecule has 1 atom stereocenters. The van der Waals surface area contributed by atoms with E-state index in [1.807, 2.05) is 38.1 Å². The normalized spacial score (nSPS) is 12.1. The minimum atomic E-state index is -0.215. The largest absolute Gasteiger partial charge is 0.355 e. The molecule has 1 heterocycles. The highest BCUT2D eigenvalue weighted by atomic mass is 35.5. The van der Waals surface area contributed by atoms with Gasteiger partial charge < -0.3 is 9.88 Å². The zero-order valence-electron chi connectivity index (χ0n) is 16.4. The van der Waals surface area contributed by atoms with E-state index in [9.17, 15) is 4.79 Å². The predicted molar refractivity (Wildman–Crippen MR) is 113 cm³/mol. The van der Waals surface area contributed by atoms with E-state index in [4.69, 9.17) is 11.6 Å². The Morgan fingerprint density at radius 1 is 1.15 bits per heavy atom. The van der Waals surface area contributed by atoms with Gasteiger partial charge in [-0.2, -0.15) is 0 Å². The molecule has 0 bridgehead atoms. The number of benzene rings is 1. The number of nitrogens with one attached hydrogen (secondary N) is 1. The quantitative estimate of drug-likeness (QED) is 0.410. The Balaban J connectivity index is 2.19. The van der Waals surface area contributed by atoms with Crippen molar-refractivity contribution in [3.63, 3.8) is 0 Å². The fourth-order valence-corrected chi connectivity index (χ4v) is 3.72. The van der Waals surface area contributed by atoms with Crippen LogP contribution in [0.3, 0.4) is 0 Å². The molecule has 0 aliphatic rings. The molecule has 148 valence electrons. The topological polar surface area (TPSA) is 59.8 Å². The molecule has 27 heavy (non-hydrogen) atoms. The summed E-state index contributed by atoms with van der Waals surface area (Å²) < 4.78 is 2.13. The molecule has 1 unspecified atom stereocenters. The van der Waals surface area contributed by atoms with Gasteiger partial charge in [0, 0.05) is 23.7 Å². The first-order valence-corrected chi connectivity index (χ1v) is 11.0. The van der Waals surface area contributed by atoms with E-state index in [0.29, 0.717) is 11.6 Å². The molecule has 7 heteroatoms. The first kappa shape index (κ1) is 21.8. The Labute approximate surface area is 171 Å². The minimum Gasteiger partial charge on any atom is -0.355 e. The number of aromatic nitrogens is 3. The summed E-state index contributed by atoms with van der Waals surface area (Å²) in [5, 5.41) is 13.0. The van der Waals surface area contributed by atoms with Gasteiger partial charge in [0.05, 0.1) is 5.25 Å². The second-order valence-electron chi connectivity index (χ2n) is 6.58. The molecule has 0 aliphatic carbocycles. The maximum Gasteiger partial charge on any atom is 0.233 e. The van der Waals surface area contributed by atoms with Crippen molar-refractivity contribution < 1.29 is 4.79 Å². The highest BCUT2D eigenvalue weighted by Gasteiger charge is 2.20. The van der Waals surface area contributed by atoms with E-state index in [0.717, 1.165) is 35.9 Å². The van der Waals surface area contributed by atoms with E-state index in [1.54, 1.807) is 0 Å². The average Bonchev–Trinajstić information content (AvgIpc) is 3.06. The summed E-state index contributed by atoms with van der Waals surface area (Å²) in [5.41, 5.74) is 0.984. The van der Waals surface area contributed by atoms with Gasteiger partial charge in [-0.3, -0.25) is 4.79 Å². The Morgan fingerprint density at radius 3 is 2.56 bits per heavy atom. The van der Waals surface area contributed by atoms with Crippen LogP contribution in [-0.2, 0) is 11.3 Å².